The van der Waals surface area contributed by atoms with Crippen molar-refractivity contribution in [2.45, 2.75) is 18.8 Å². The van der Waals surface area contributed by atoms with Crippen molar-refractivity contribution < 1.29 is 9.53 Å². The first-order chi connectivity index (χ1) is 13.3. The fraction of sp³-hybridized carbons (Fsp3) is 0.208. The van der Waals surface area contributed by atoms with Crippen LogP contribution in [0.25, 0.3) is 0 Å². The van der Waals surface area contributed by atoms with Crippen molar-refractivity contribution in [1.82, 2.24) is 5.32 Å². The number of amides is 1. The number of hydrogen-bond acceptors (Lipinski definition) is 2. The van der Waals surface area contributed by atoms with Gasteiger partial charge in [-0.05, 0) is 29.2 Å². The van der Waals surface area contributed by atoms with Gasteiger partial charge in [0.15, 0.2) is 0 Å². The van der Waals surface area contributed by atoms with Gasteiger partial charge in [-0.15, -0.1) is 0 Å². The minimum Gasteiger partial charge on any atom is -0.496 e. The van der Waals surface area contributed by atoms with E-state index in [1.54, 1.807) is 7.11 Å². The number of nitrogens with one attached hydrogen (secondary N) is 1. The normalized spacial score (nSPS) is 10.6. The van der Waals surface area contributed by atoms with Crippen LogP contribution < -0.4 is 10.1 Å². The quantitative estimate of drug-likeness (QED) is 0.639. The summed E-state index contributed by atoms with van der Waals surface area (Å²) < 4.78 is 5.37. The van der Waals surface area contributed by atoms with Crippen LogP contribution in [0.4, 0.5) is 0 Å². The Morgan fingerprint density at radius 2 is 1.41 bits per heavy atom. The molecule has 0 heterocycles. The minimum atomic E-state index is 0.0543. The lowest BCUT2D eigenvalue weighted by Crippen LogP contribution is -2.27. The van der Waals surface area contributed by atoms with Crippen molar-refractivity contribution in [3.63, 3.8) is 0 Å². The summed E-state index contributed by atoms with van der Waals surface area (Å²) >= 11 is 0. The van der Waals surface area contributed by atoms with Crippen molar-refractivity contribution in [3.05, 3.63) is 102 Å². The highest BCUT2D eigenvalue weighted by Gasteiger charge is 2.17. The Balaban J connectivity index is 1.63. The third kappa shape index (κ3) is 5.20. The van der Waals surface area contributed by atoms with Gasteiger partial charge in [0.2, 0.25) is 5.91 Å². The predicted octanol–water partition coefficient (Wildman–Crippen LogP) is 4.58. The van der Waals surface area contributed by atoms with E-state index in [1.807, 2.05) is 60.7 Å². The number of carbonyl (C=O) groups is 1. The zero-order valence-electron chi connectivity index (χ0n) is 15.6. The Bertz CT molecular complexity index is 807. The van der Waals surface area contributed by atoms with E-state index in [0.717, 1.165) is 28.9 Å². The number of rotatable bonds is 8. The van der Waals surface area contributed by atoms with Crippen LogP contribution in [-0.2, 0) is 11.2 Å². The van der Waals surface area contributed by atoms with Crippen molar-refractivity contribution in [2.75, 3.05) is 13.7 Å². The SMILES string of the molecule is COc1ccccc1CCNC(=O)CC(c1ccccc1)c1ccccc1. The molecule has 0 saturated carbocycles. The van der Waals surface area contributed by atoms with Gasteiger partial charge in [0.25, 0.3) is 0 Å². The van der Waals surface area contributed by atoms with Gasteiger partial charge in [-0.25, -0.2) is 0 Å². The average Bonchev–Trinajstić information content (AvgIpc) is 2.73. The second kappa shape index (κ2) is 9.58. The first-order valence-electron chi connectivity index (χ1n) is 9.26. The number of para-hydroxylation sites is 1. The summed E-state index contributed by atoms with van der Waals surface area (Å²) in [5, 5.41) is 3.06. The molecule has 1 amide bonds. The lowest BCUT2D eigenvalue weighted by atomic mass is 9.88. The number of methoxy groups -OCH3 is 1. The molecule has 0 aliphatic carbocycles. The lowest BCUT2D eigenvalue weighted by molar-refractivity contribution is -0.121. The summed E-state index contributed by atoms with van der Waals surface area (Å²) in [4.78, 5) is 12.6. The second-order valence-corrected chi connectivity index (χ2v) is 6.49. The minimum absolute atomic E-state index is 0.0543. The van der Waals surface area contributed by atoms with Crippen LogP contribution in [0.2, 0.25) is 0 Å². The first-order valence-corrected chi connectivity index (χ1v) is 9.26. The molecular weight excluding hydrogens is 334 g/mol. The highest BCUT2D eigenvalue weighted by Crippen LogP contribution is 2.27. The van der Waals surface area contributed by atoms with E-state index < -0.39 is 0 Å². The van der Waals surface area contributed by atoms with Crippen LogP contribution >= 0.6 is 0 Å². The second-order valence-electron chi connectivity index (χ2n) is 6.49. The Labute approximate surface area is 161 Å². The van der Waals surface area contributed by atoms with Crippen molar-refractivity contribution in [2.24, 2.45) is 0 Å². The molecule has 0 aromatic heterocycles. The Kier molecular flexibility index (Phi) is 6.64. The fourth-order valence-electron chi connectivity index (χ4n) is 3.30. The lowest BCUT2D eigenvalue weighted by Gasteiger charge is -2.18. The summed E-state index contributed by atoms with van der Waals surface area (Å²) in [5.41, 5.74) is 3.41. The van der Waals surface area contributed by atoms with Gasteiger partial charge in [-0.1, -0.05) is 78.9 Å². The molecule has 0 fully saturated rings. The zero-order valence-corrected chi connectivity index (χ0v) is 15.6. The fourth-order valence-corrected chi connectivity index (χ4v) is 3.30. The average molecular weight is 359 g/mol. The van der Waals surface area contributed by atoms with Gasteiger partial charge in [0.05, 0.1) is 7.11 Å². The van der Waals surface area contributed by atoms with Crippen LogP contribution in [0.3, 0.4) is 0 Å². The van der Waals surface area contributed by atoms with Crippen LogP contribution in [0.15, 0.2) is 84.9 Å². The van der Waals surface area contributed by atoms with E-state index in [-0.39, 0.29) is 11.8 Å². The highest BCUT2D eigenvalue weighted by atomic mass is 16.5. The van der Waals surface area contributed by atoms with Crippen molar-refractivity contribution >= 4 is 5.91 Å². The summed E-state index contributed by atoms with van der Waals surface area (Å²) in [6.07, 6.45) is 1.18. The molecule has 3 rings (SSSR count). The number of hydrogen-bond donors (Lipinski definition) is 1. The maximum Gasteiger partial charge on any atom is 0.220 e. The Morgan fingerprint density at radius 3 is 2.00 bits per heavy atom. The molecule has 3 aromatic carbocycles. The van der Waals surface area contributed by atoms with E-state index in [4.69, 9.17) is 4.74 Å². The third-order valence-corrected chi connectivity index (χ3v) is 4.70. The van der Waals surface area contributed by atoms with Crippen molar-refractivity contribution in [3.8, 4) is 5.75 Å². The molecule has 27 heavy (non-hydrogen) atoms. The Morgan fingerprint density at radius 1 is 0.852 bits per heavy atom. The molecule has 0 spiro atoms. The molecule has 0 aliphatic heterocycles. The van der Waals surface area contributed by atoms with Gasteiger partial charge >= 0.3 is 0 Å². The molecule has 0 aliphatic rings. The van der Waals surface area contributed by atoms with Gasteiger partial charge < -0.3 is 10.1 Å². The molecule has 3 nitrogen and oxygen atoms in total. The molecule has 0 unspecified atom stereocenters. The molecule has 0 atom stereocenters. The molecule has 0 saturated heterocycles. The van der Waals surface area contributed by atoms with Gasteiger partial charge in [0.1, 0.15) is 5.75 Å². The zero-order chi connectivity index (χ0) is 18.9. The van der Waals surface area contributed by atoms with E-state index in [0.29, 0.717) is 13.0 Å². The monoisotopic (exact) mass is 359 g/mol. The van der Waals surface area contributed by atoms with E-state index in [2.05, 4.69) is 29.6 Å². The maximum atomic E-state index is 12.6. The molecular formula is C24H25NO2. The van der Waals surface area contributed by atoms with Gasteiger partial charge in [-0.3, -0.25) is 4.79 Å². The molecule has 0 radical (unpaired) electrons. The predicted molar refractivity (Wildman–Crippen MR) is 109 cm³/mol. The van der Waals surface area contributed by atoms with Gasteiger partial charge in [0, 0.05) is 18.9 Å². The molecule has 3 heteroatoms. The first kappa shape index (κ1) is 18.7. The largest absolute Gasteiger partial charge is 0.496 e. The summed E-state index contributed by atoms with van der Waals surface area (Å²) in [6.45, 7) is 0.593. The van der Waals surface area contributed by atoms with E-state index in [9.17, 15) is 4.79 Å². The molecule has 3 aromatic rings. The number of ether oxygens (including phenoxy) is 1. The smallest absolute Gasteiger partial charge is 0.220 e. The number of carbonyl (C=O) groups excluding carboxylic acids is 1. The van der Waals surface area contributed by atoms with E-state index in [1.165, 1.54) is 0 Å². The van der Waals surface area contributed by atoms with Crippen LogP contribution in [0, 0.1) is 0 Å². The van der Waals surface area contributed by atoms with Crippen LogP contribution in [-0.4, -0.2) is 19.6 Å². The Hall–Kier alpha value is -3.07. The topological polar surface area (TPSA) is 38.3 Å². The summed E-state index contributed by atoms with van der Waals surface area (Å²) in [6, 6.07) is 28.3. The standard InChI is InChI=1S/C24H25NO2/c1-27-23-15-9-8-14-21(23)16-17-25-24(26)18-22(19-10-4-2-5-11-19)20-12-6-3-7-13-20/h2-15,22H,16-18H2,1H3,(H,25,26). The van der Waals surface area contributed by atoms with Crippen molar-refractivity contribution in [1.29, 1.82) is 0 Å². The molecule has 1 N–H and O–H groups in total. The van der Waals surface area contributed by atoms with Crippen LogP contribution in [0.1, 0.15) is 29.0 Å². The highest BCUT2D eigenvalue weighted by molar-refractivity contribution is 5.77. The molecule has 138 valence electrons. The molecule has 0 bridgehead atoms. The van der Waals surface area contributed by atoms with Gasteiger partial charge in [-0.2, -0.15) is 0 Å². The maximum absolute atomic E-state index is 12.6. The number of benzene rings is 3. The van der Waals surface area contributed by atoms with E-state index >= 15 is 0 Å². The summed E-state index contributed by atoms with van der Waals surface area (Å²) in [5.74, 6) is 0.972. The van der Waals surface area contributed by atoms with Crippen LogP contribution in [0.5, 0.6) is 5.75 Å². The summed E-state index contributed by atoms with van der Waals surface area (Å²) in [7, 11) is 1.67. The third-order valence-electron chi connectivity index (χ3n) is 4.70.